The van der Waals surface area contributed by atoms with Crippen molar-refractivity contribution in [2.45, 2.75) is 131 Å². The SMILES string of the molecule is CCCCCCC(=O)Oc1c(O)c(O)c(C(=O)CCCCCC)c(C(=O)OCc2ccc(C)cc2)c1C(=O)CCCCCC. The molecule has 0 bridgehead atoms. The standard InChI is InChI=1S/C36H50O8/c1-5-8-11-14-17-27(37)30-32(36(42)43-24-26-22-20-25(4)21-23-26)31(28(38)18-15-12-9-6-2)35(34(41)33(30)40)44-29(39)19-16-13-10-7-3/h20-23,40-41H,5-19,24H2,1-4H3. The van der Waals surface area contributed by atoms with Crippen molar-refractivity contribution in [2.24, 2.45) is 0 Å². The van der Waals surface area contributed by atoms with Crippen molar-refractivity contribution in [3.05, 3.63) is 52.1 Å². The molecule has 8 nitrogen and oxygen atoms in total. The number of unbranched alkanes of at least 4 members (excludes halogenated alkanes) is 9. The van der Waals surface area contributed by atoms with Crippen molar-refractivity contribution in [1.82, 2.24) is 0 Å². The average Bonchev–Trinajstić information content (AvgIpc) is 3.01. The van der Waals surface area contributed by atoms with Gasteiger partial charge in [0, 0.05) is 19.3 Å². The van der Waals surface area contributed by atoms with Crippen LogP contribution in [-0.4, -0.2) is 33.7 Å². The van der Waals surface area contributed by atoms with Crippen molar-refractivity contribution >= 4 is 23.5 Å². The minimum Gasteiger partial charge on any atom is -0.504 e. The fourth-order valence-electron chi connectivity index (χ4n) is 4.98. The smallest absolute Gasteiger partial charge is 0.340 e. The lowest BCUT2D eigenvalue weighted by Gasteiger charge is -2.20. The van der Waals surface area contributed by atoms with E-state index in [1.54, 1.807) is 12.1 Å². The molecule has 2 aromatic carbocycles. The maximum Gasteiger partial charge on any atom is 0.340 e. The van der Waals surface area contributed by atoms with Gasteiger partial charge in [-0.2, -0.15) is 0 Å². The van der Waals surface area contributed by atoms with E-state index in [9.17, 15) is 29.4 Å². The third-order valence-electron chi connectivity index (χ3n) is 7.62. The van der Waals surface area contributed by atoms with Crippen LogP contribution in [0.25, 0.3) is 0 Å². The quantitative estimate of drug-likeness (QED) is 0.0471. The van der Waals surface area contributed by atoms with Gasteiger partial charge in [0.25, 0.3) is 0 Å². The number of aryl methyl sites for hydroxylation is 1. The van der Waals surface area contributed by atoms with Crippen LogP contribution < -0.4 is 4.74 Å². The average molecular weight is 611 g/mol. The number of carbonyl (C=O) groups is 4. The molecule has 0 atom stereocenters. The lowest BCUT2D eigenvalue weighted by atomic mass is 9.89. The second kappa shape index (κ2) is 19.6. The van der Waals surface area contributed by atoms with Crippen LogP contribution >= 0.6 is 0 Å². The molecule has 0 fully saturated rings. The van der Waals surface area contributed by atoms with Crippen molar-refractivity contribution in [3.63, 3.8) is 0 Å². The Kier molecular flexibility index (Phi) is 16.2. The molecule has 2 N–H and O–H groups in total. The normalized spacial score (nSPS) is 10.9. The van der Waals surface area contributed by atoms with Gasteiger partial charge in [0.05, 0.1) is 16.7 Å². The Morgan fingerprint density at radius 2 is 1.11 bits per heavy atom. The first kappa shape index (κ1) is 36.5. The summed E-state index contributed by atoms with van der Waals surface area (Å²) in [4.78, 5) is 53.9. The topological polar surface area (TPSA) is 127 Å². The number of rotatable bonds is 21. The fourth-order valence-corrected chi connectivity index (χ4v) is 4.98. The Morgan fingerprint density at radius 1 is 0.614 bits per heavy atom. The van der Waals surface area contributed by atoms with Crippen LogP contribution in [0.5, 0.6) is 17.2 Å². The highest BCUT2D eigenvalue weighted by Gasteiger charge is 2.36. The molecule has 242 valence electrons. The van der Waals surface area contributed by atoms with E-state index in [4.69, 9.17) is 9.47 Å². The summed E-state index contributed by atoms with van der Waals surface area (Å²) in [5.41, 5.74) is 0.362. The predicted octanol–water partition coefficient (Wildman–Crippen LogP) is 8.95. The van der Waals surface area contributed by atoms with E-state index in [2.05, 4.69) is 0 Å². The maximum absolute atomic E-state index is 13.8. The van der Waals surface area contributed by atoms with Gasteiger partial charge in [-0.3, -0.25) is 14.4 Å². The third-order valence-corrected chi connectivity index (χ3v) is 7.62. The number of phenolic OH excluding ortho intramolecular Hbond substituents is 2. The molecule has 44 heavy (non-hydrogen) atoms. The number of ketones is 2. The van der Waals surface area contributed by atoms with Crippen LogP contribution in [0.4, 0.5) is 0 Å². The number of ether oxygens (including phenoxy) is 2. The van der Waals surface area contributed by atoms with Crippen LogP contribution in [-0.2, 0) is 16.1 Å². The van der Waals surface area contributed by atoms with Crippen LogP contribution in [0.1, 0.15) is 159 Å². The summed E-state index contributed by atoms with van der Waals surface area (Å²) >= 11 is 0. The van der Waals surface area contributed by atoms with Crippen LogP contribution in [0, 0.1) is 6.92 Å². The number of hydrogen-bond donors (Lipinski definition) is 2. The molecule has 0 aliphatic heterocycles. The minimum atomic E-state index is -1.02. The van der Waals surface area contributed by atoms with Gasteiger partial charge in [-0.1, -0.05) is 108 Å². The van der Waals surface area contributed by atoms with Gasteiger partial charge in [0.2, 0.25) is 5.75 Å². The molecule has 0 spiro atoms. The molecule has 0 aliphatic carbocycles. The van der Waals surface area contributed by atoms with E-state index in [1.165, 1.54) is 0 Å². The van der Waals surface area contributed by atoms with E-state index in [0.717, 1.165) is 63.4 Å². The zero-order valence-corrected chi connectivity index (χ0v) is 27.0. The first-order valence-electron chi connectivity index (χ1n) is 16.3. The van der Waals surface area contributed by atoms with Gasteiger partial charge in [-0.15, -0.1) is 0 Å². The van der Waals surface area contributed by atoms with Crippen LogP contribution in [0.3, 0.4) is 0 Å². The molecule has 0 aromatic heterocycles. The molecule has 0 unspecified atom stereocenters. The second-order valence-corrected chi connectivity index (χ2v) is 11.5. The Morgan fingerprint density at radius 3 is 1.64 bits per heavy atom. The zero-order chi connectivity index (χ0) is 32.5. The first-order valence-corrected chi connectivity index (χ1v) is 16.3. The van der Waals surface area contributed by atoms with Crippen molar-refractivity contribution in [1.29, 1.82) is 0 Å². The Labute approximate surface area is 262 Å². The molecule has 0 radical (unpaired) electrons. The molecule has 0 heterocycles. The van der Waals surface area contributed by atoms with Crippen LogP contribution in [0.2, 0.25) is 0 Å². The number of esters is 2. The van der Waals surface area contributed by atoms with Gasteiger partial charge in [-0.05, 0) is 31.7 Å². The number of Topliss-reactive ketones (excluding diaryl/α,β-unsaturated/α-hetero) is 2. The number of phenols is 2. The molecule has 0 amide bonds. The molecule has 2 aromatic rings. The van der Waals surface area contributed by atoms with Gasteiger partial charge >= 0.3 is 11.9 Å². The monoisotopic (exact) mass is 610 g/mol. The second-order valence-electron chi connectivity index (χ2n) is 11.5. The van der Waals surface area contributed by atoms with Crippen molar-refractivity contribution in [2.75, 3.05) is 0 Å². The zero-order valence-electron chi connectivity index (χ0n) is 27.0. The van der Waals surface area contributed by atoms with E-state index in [1.807, 2.05) is 39.8 Å². The fraction of sp³-hybridized carbons (Fsp3) is 0.556. The molecule has 2 rings (SSSR count). The highest BCUT2D eigenvalue weighted by Crippen LogP contribution is 2.46. The van der Waals surface area contributed by atoms with Gasteiger partial charge in [-0.25, -0.2) is 4.79 Å². The molecule has 0 aliphatic rings. The summed E-state index contributed by atoms with van der Waals surface area (Å²) < 4.78 is 11.1. The Hall–Kier alpha value is -3.68. The van der Waals surface area contributed by atoms with E-state index < -0.39 is 57.4 Å². The highest BCUT2D eigenvalue weighted by molar-refractivity contribution is 6.17. The van der Waals surface area contributed by atoms with Crippen molar-refractivity contribution < 1.29 is 38.9 Å². The molecular formula is C36H50O8. The first-order chi connectivity index (χ1) is 21.2. The number of benzene rings is 2. The van der Waals surface area contributed by atoms with Gasteiger partial charge in [0.15, 0.2) is 23.1 Å². The minimum absolute atomic E-state index is 0.00631. The summed E-state index contributed by atoms with van der Waals surface area (Å²) in [5, 5.41) is 22.2. The highest BCUT2D eigenvalue weighted by atomic mass is 16.5. The Balaban J connectivity index is 2.64. The number of hydrogen-bond acceptors (Lipinski definition) is 8. The maximum atomic E-state index is 13.8. The number of aromatic hydroxyl groups is 2. The lowest BCUT2D eigenvalue weighted by Crippen LogP contribution is -2.21. The summed E-state index contributed by atoms with van der Waals surface area (Å²) in [6, 6.07) is 7.32. The number of carbonyl (C=O) groups excluding carboxylic acids is 4. The molecule has 0 saturated heterocycles. The van der Waals surface area contributed by atoms with E-state index >= 15 is 0 Å². The summed E-state index contributed by atoms with van der Waals surface area (Å²) in [7, 11) is 0. The van der Waals surface area contributed by atoms with Gasteiger partial charge < -0.3 is 19.7 Å². The van der Waals surface area contributed by atoms with Gasteiger partial charge in [0.1, 0.15) is 6.61 Å². The third kappa shape index (κ3) is 11.1. The molecule has 8 heteroatoms. The van der Waals surface area contributed by atoms with E-state index in [0.29, 0.717) is 24.8 Å². The summed E-state index contributed by atoms with van der Waals surface area (Å²) in [6.07, 6.45) is 9.49. The Bertz CT molecular complexity index is 1250. The van der Waals surface area contributed by atoms with E-state index in [-0.39, 0.29) is 25.9 Å². The summed E-state index contributed by atoms with van der Waals surface area (Å²) in [6.45, 7) is 7.90. The van der Waals surface area contributed by atoms with Crippen LogP contribution in [0.15, 0.2) is 24.3 Å². The molecular weight excluding hydrogens is 560 g/mol. The summed E-state index contributed by atoms with van der Waals surface area (Å²) in [5.74, 6) is -5.32. The predicted molar refractivity (Wildman–Crippen MR) is 171 cm³/mol. The molecule has 0 saturated carbocycles. The largest absolute Gasteiger partial charge is 0.504 e. The van der Waals surface area contributed by atoms with Crippen molar-refractivity contribution in [3.8, 4) is 17.2 Å². The lowest BCUT2D eigenvalue weighted by molar-refractivity contribution is -0.134.